The van der Waals surface area contributed by atoms with Crippen molar-refractivity contribution >= 4 is 0 Å². The second-order valence-electron chi connectivity index (χ2n) is 5.69. The smallest absolute Gasteiger partial charge is 0.0417 e. The van der Waals surface area contributed by atoms with Crippen LogP contribution in [0.2, 0.25) is 0 Å². The lowest BCUT2D eigenvalue weighted by Crippen LogP contribution is -2.41. The molecule has 0 aliphatic carbocycles. The molecule has 0 atom stereocenters. The van der Waals surface area contributed by atoms with Gasteiger partial charge in [-0.2, -0.15) is 0 Å². The highest BCUT2D eigenvalue weighted by atomic mass is 15.1. The lowest BCUT2D eigenvalue weighted by molar-refractivity contribution is 0.233. The number of rotatable bonds is 4. The molecule has 1 heteroatoms. The number of piperidine rings is 1. The minimum Gasteiger partial charge on any atom is -0.371 e. The maximum absolute atomic E-state index is 3.68. The number of hydrogen-bond donors (Lipinski definition) is 0. The van der Waals surface area contributed by atoms with Crippen molar-refractivity contribution in [2.45, 2.75) is 32.1 Å². The molecule has 1 aromatic carbocycles. The van der Waals surface area contributed by atoms with Crippen LogP contribution in [0.5, 0.6) is 0 Å². The van der Waals surface area contributed by atoms with E-state index in [0.717, 1.165) is 25.9 Å². The molecule has 2 rings (SSSR count). The SMILES string of the molecule is C=C=CN1CCC(/C(C)=C/C=C\C)(c2ccccc2)CC1. The zero-order valence-corrected chi connectivity index (χ0v) is 13.2. The second kappa shape index (κ2) is 7.15. The van der Waals surface area contributed by atoms with Crippen LogP contribution in [0.15, 0.2) is 72.6 Å². The van der Waals surface area contributed by atoms with Gasteiger partial charge in [0.05, 0.1) is 0 Å². The van der Waals surface area contributed by atoms with E-state index in [1.54, 1.807) is 0 Å². The molecule has 1 aromatic rings. The molecule has 1 aliphatic heterocycles. The van der Waals surface area contributed by atoms with Crippen LogP contribution in [0.4, 0.5) is 0 Å². The predicted molar refractivity (Wildman–Crippen MR) is 91.2 cm³/mol. The molecule has 0 spiro atoms. The zero-order chi connectivity index (χ0) is 15.1. The van der Waals surface area contributed by atoms with Gasteiger partial charge in [-0.05, 0) is 32.3 Å². The Morgan fingerprint density at radius 1 is 1.24 bits per heavy atom. The molecule has 0 amide bonds. The van der Waals surface area contributed by atoms with Gasteiger partial charge in [0.1, 0.15) is 0 Å². The van der Waals surface area contributed by atoms with Crippen LogP contribution < -0.4 is 0 Å². The Morgan fingerprint density at radius 2 is 1.90 bits per heavy atom. The van der Waals surface area contributed by atoms with Crippen LogP contribution in [-0.2, 0) is 5.41 Å². The van der Waals surface area contributed by atoms with Crippen LogP contribution in [0, 0.1) is 0 Å². The summed E-state index contributed by atoms with van der Waals surface area (Å²) in [6, 6.07) is 10.9. The summed E-state index contributed by atoms with van der Waals surface area (Å²) in [6.45, 7) is 10.1. The molecule has 0 radical (unpaired) electrons. The average Bonchev–Trinajstić information content (AvgIpc) is 2.54. The van der Waals surface area contributed by atoms with Crippen molar-refractivity contribution < 1.29 is 0 Å². The average molecular weight is 279 g/mol. The Labute approximate surface area is 129 Å². The highest BCUT2D eigenvalue weighted by Crippen LogP contribution is 2.41. The highest BCUT2D eigenvalue weighted by molar-refractivity contribution is 5.38. The third-order valence-electron chi connectivity index (χ3n) is 4.55. The van der Waals surface area contributed by atoms with Crippen molar-refractivity contribution in [3.63, 3.8) is 0 Å². The molecule has 1 nitrogen and oxygen atoms in total. The quantitative estimate of drug-likeness (QED) is 0.563. The van der Waals surface area contributed by atoms with Gasteiger partial charge in [-0.3, -0.25) is 0 Å². The summed E-state index contributed by atoms with van der Waals surface area (Å²) in [5.74, 6) is 0. The number of likely N-dealkylation sites (tertiary alicyclic amines) is 1. The summed E-state index contributed by atoms with van der Waals surface area (Å²) < 4.78 is 0. The first-order valence-corrected chi connectivity index (χ1v) is 7.68. The van der Waals surface area contributed by atoms with E-state index in [4.69, 9.17) is 0 Å². The lowest BCUT2D eigenvalue weighted by Gasteiger charge is -2.43. The van der Waals surface area contributed by atoms with E-state index in [1.165, 1.54) is 11.1 Å². The van der Waals surface area contributed by atoms with Gasteiger partial charge in [-0.1, -0.05) is 60.7 Å². The van der Waals surface area contributed by atoms with Gasteiger partial charge in [-0.25, -0.2) is 0 Å². The number of allylic oxidation sites excluding steroid dienone is 4. The van der Waals surface area contributed by atoms with E-state index in [-0.39, 0.29) is 5.41 Å². The monoisotopic (exact) mass is 279 g/mol. The van der Waals surface area contributed by atoms with E-state index in [0.29, 0.717) is 0 Å². The number of benzene rings is 1. The summed E-state index contributed by atoms with van der Waals surface area (Å²) in [7, 11) is 0. The minimum absolute atomic E-state index is 0.159. The lowest BCUT2D eigenvalue weighted by atomic mass is 9.68. The molecule has 0 saturated carbocycles. The molecule has 1 heterocycles. The summed E-state index contributed by atoms with van der Waals surface area (Å²) in [4.78, 5) is 2.32. The van der Waals surface area contributed by atoms with Crippen LogP contribution >= 0.6 is 0 Å². The van der Waals surface area contributed by atoms with Gasteiger partial charge in [0.15, 0.2) is 0 Å². The maximum Gasteiger partial charge on any atom is 0.0417 e. The Morgan fingerprint density at radius 3 is 2.48 bits per heavy atom. The standard InChI is InChI=1S/C20H25N/c1-4-6-10-18(3)20(19-11-8-7-9-12-19)13-16-21(15-5-2)17-14-20/h4,6-12,15H,2,13-14,16-17H2,1,3H3/b6-4-,18-10+. The topological polar surface area (TPSA) is 3.24 Å². The van der Waals surface area contributed by atoms with Crippen LogP contribution in [0.25, 0.3) is 0 Å². The van der Waals surface area contributed by atoms with Crippen LogP contribution in [0.3, 0.4) is 0 Å². The first kappa shape index (κ1) is 15.4. The van der Waals surface area contributed by atoms with Gasteiger partial charge in [0.2, 0.25) is 0 Å². The Kier molecular flexibility index (Phi) is 5.25. The molecule has 0 aromatic heterocycles. The fourth-order valence-corrected chi connectivity index (χ4v) is 3.23. The van der Waals surface area contributed by atoms with Crippen molar-refractivity contribution in [3.05, 3.63) is 78.2 Å². The molecule has 1 fully saturated rings. The van der Waals surface area contributed by atoms with Crippen molar-refractivity contribution in [2.75, 3.05) is 13.1 Å². The fraction of sp³-hybridized carbons (Fsp3) is 0.350. The third kappa shape index (κ3) is 3.37. The molecule has 21 heavy (non-hydrogen) atoms. The summed E-state index contributed by atoms with van der Waals surface area (Å²) in [5.41, 5.74) is 5.94. The summed E-state index contributed by atoms with van der Waals surface area (Å²) in [6.07, 6.45) is 10.8. The molecular formula is C20H25N. The van der Waals surface area contributed by atoms with Gasteiger partial charge >= 0.3 is 0 Å². The number of hydrogen-bond acceptors (Lipinski definition) is 1. The normalized spacial score (nSPS) is 18.6. The first-order chi connectivity index (χ1) is 10.2. The van der Waals surface area contributed by atoms with Crippen molar-refractivity contribution in [1.82, 2.24) is 4.90 Å². The van der Waals surface area contributed by atoms with E-state index < -0.39 is 0 Å². The molecule has 110 valence electrons. The molecular weight excluding hydrogens is 254 g/mol. The van der Waals surface area contributed by atoms with Crippen LogP contribution in [0.1, 0.15) is 32.3 Å². The molecule has 1 aliphatic rings. The molecule has 0 bridgehead atoms. The van der Waals surface area contributed by atoms with E-state index in [9.17, 15) is 0 Å². The van der Waals surface area contributed by atoms with E-state index in [2.05, 4.69) is 79.6 Å². The summed E-state index contributed by atoms with van der Waals surface area (Å²) >= 11 is 0. The summed E-state index contributed by atoms with van der Waals surface area (Å²) in [5, 5.41) is 0. The van der Waals surface area contributed by atoms with Gasteiger partial charge in [0.25, 0.3) is 0 Å². The van der Waals surface area contributed by atoms with Gasteiger partial charge in [0, 0.05) is 24.7 Å². The van der Waals surface area contributed by atoms with Gasteiger partial charge in [-0.15, -0.1) is 5.73 Å². The number of nitrogens with zero attached hydrogens (tertiary/aromatic N) is 1. The molecule has 0 unspecified atom stereocenters. The Balaban J connectivity index is 2.35. The Bertz CT molecular complexity index is 551. The van der Waals surface area contributed by atoms with Crippen LogP contribution in [-0.4, -0.2) is 18.0 Å². The Hall–Kier alpha value is -1.98. The largest absolute Gasteiger partial charge is 0.371 e. The first-order valence-electron chi connectivity index (χ1n) is 7.68. The fourth-order valence-electron chi connectivity index (χ4n) is 3.23. The molecule has 0 N–H and O–H groups in total. The zero-order valence-electron chi connectivity index (χ0n) is 13.2. The minimum atomic E-state index is 0.159. The van der Waals surface area contributed by atoms with E-state index >= 15 is 0 Å². The predicted octanol–water partition coefficient (Wildman–Crippen LogP) is 4.84. The second-order valence-corrected chi connectivity index (χ2v) is 5.69. The molecule has 1 saturated heterocycles. The van der Waals surface area contributed by atoms with E-state index in [1.807, 2.05) is 6.20 Å². The highest BCUT2D eigenvalue weighted by Gasteiger charge is 2.36. The van der Waals surface area contributed by atoms with Gasteiger partial charge < -0.3 is 4.90 Å². The maximum atomic E-state index is 3.68. The third-order valence-corrected chi connectivity index (χ3v) is 4.55. The van der Waals surface area contributed by atoms with Crippen molar-refractivity contribution in [3.8, 4) is 0 Å². The van der Waals surface area contributed by atoms with Crippen molar-refractivity contribution in [1.29, 1.82) is 0 Å². The van der Waals surface area contributed by atoms with Crippen molar-refractivity contribution in [2.24, 2.45) is 0 Å².